The molecule has 120 valence electrons. The number of hydrogen-bond acceptors (Lipinski definition) is 2. The van der Waals surface area contributed by atoms with Gasteiger partial charge in [-0.2, -0.15) is 13.2 Å². The van der Waals surface area contributed by atoms with Gasteiger partial charge in [-0.15, -0.1) is 0 Å². The van der Waals surface area contributed by atoms with Crippen LogP contribution in [0.1, 0.15) is 31.9 Å². The summed E-state index contributed by atoms with van der Waals surface area (Å²) in [6.07, 6.45) is -3.78. The van der Waals surface area contributed by atoms with Gasteiger partial charge in [-0.3, -0.25) is 4.90 Å². The third kappa shape index (κ3) is 6.44. The van der Waals surface area contributed by atoms with Gasteiger partial charge in [-0.1, -0.05) is 32.0 Å². The topological polar surface area (TPSA) is 15.3 Å². The Balaban J connectivity index is 2.69. The standard InChI is InChI=1S/C15H22F4N2/c1-3-20-14(12-7-5-6-8-13(12)16)9-10-21(4-2)11-15(17,18)19/h5-8,14,20H,3-4,9-11H2,1-2H3. The summed E-state index contributed by atoms with van der Waals surface area (Å²) >= 11 is 0. The first kappa shape index (κ1) is 17.9. The first-order valence-corrected chi connectivity index (χ1v) is 7.14. The largest absolute Gasteiger partial charge is 0.401 e. The highest BCUT2D eigenvalue weighted by Crippen LogP contribution is 2.22. The van der Waals surface area contributed by atoms with Crippen LogP contribution < -0.4 is 5.32 Å². The van der Waals surface area contributed by atoms with Crippen molar-refractivity contribution >= 4 is 0 Å². The zero-order valence-corrected chi connectivity index (χ0v) is 12.4. The highest BCUT2D eigenvalue weighted by molar-refractivity contribution is 5.21. The Bertz CT molecular complexity index is 420. The van der Waals surface area contributed by atoms with Crippen LogP contribution in [0.5, 0.6) is 0 Å². The van der Waals surface area contributed by atoms with Gasteiger partial charge >= 0.3 is 6.18 Å². The van der Waals surface area contributed by atoms with Crippen LogP contribution in [-0.4, -0.2) is 37.3 Å². The fourth-order valence-corrected chi connectivity index (χ4v) is 2.29. The Hall–Kier alpha value is -1.14. The van der Waals surface area contributed by atoms with E-state index in [1.54, 1.807) is 25.1 Å². The average molecular weight is 306 g/mol. The van der Waals surface area contributed by atoms with Crippen molar-refractivity contribution in [1.29, 1.82) is 0 Å². The Labute approximate surface area is 123 Å². The van der Waals surface area contributed by atoms with Crippen molar-refractivity contribution < 1.29 is 17.6 Å². The lowest BCUT2D eigenvalue weighted by atomic mass is 10.0. The zero-order valence-electron chi connectivity index (χ0n) is 12.4. The molecule has 6 heteroatoms. The predicted octanol–water partition coefficient (Wildman–Crippen LogP) is 3.75. The third-order valence-corrected chi connectivity index (χ3v) is 3.32. The number of rotatable bonds is 8. The number of alkyl halides is 3. The highest BCUT2D eigenvalue weighted by Gasteiger charge is 2.30. The molecule has 0 amide bonds. The molecule has 0 radical (unpaired) electrons. The molecule has 1 unspecified atom stereocenters. The molecule has 2 nitrogen and oxygen atoms in total. The minimum absolute atomic E-state index is 0.266. The average Bonchev–Trinajstić information content (AvgIpc) is 2.41. The van der Waals surface area contributed by atoms with E-state index in [0.717, 1.165) is 0 Å². The van der Waals surface area contributed by atoms with Crippen LogP contribution in [0.15, 0.2) is 24.3 Å². The molecule has 21 heavy (non-hydrogen) atoms. The summed E-state index contributed by atoms with van der Waals surface area (Å²) in [4.78, 5) is 1.32. The molecule has 0 aliphatic rings. The normalized spacial score (nSPS) is 13.7. The molecule has 1 aromatic carbocycles. The van der Waals surface area contributed by atoms with Crippen LogP contribution in [0.3, 0.4) is 0 Å². The van der Waals surface area contributed by atoms with Gasteiger partial charge in [0, 0.05) is 18.2 Å². The van der Waals surface area contributed by atoms with E-state index >= 15 is 0 Å². The number of nitrogens with one attached hydrogen (secondary N) is 1. The molecule has 1 aromatic rings. The minimum atomic E-state index is -4.21. The number of benzene rings is 1. The molecule has 1 rings (SSSR count). The van der Waals surface area contributed by atoms with E-state index in [0.29, 0.717) is 25.1 Å². The summed E-state index contributed by atoms with van der Waals surface area (Å²) in [6.45, 7) is 3.86. The second-order valence-corrected chi connectivity index (χ2v) is 4.90. The van der Waals surface area contributed by atoms with Gasteiger partial charge in [0.1, 0.15) is 5.82 Å². The highest BCUT2D eigenvalue weighted by atomic mass is 19.4. The number of nitrogens with zero attached hydrogens (tertiary/aromatic N) is 1. The van der Waals surface area contributed by atoms with E-state index < -0.39 is 12.7 Å². The first-order chi connectivity index (χ1) is 9.87. The minimum Gasteiger partial charge on any atom is -0.310 e. The Kier molecular flexibility index (Phi) is 7.11. The summed E-state index contributed by atoms with van der Waals surface area (Å²) in [5.41, 5.74) is 0.502. The van der Waals surface area contributed by atoms with E-state index in [2.05, 4.69) is 5.32 Å². The van der Waals surface area contributed by atoms with Gasteiger partial charge in [-0.25, -0.2) is 4.39 Å². The molecule has 0 fully saturated rings. The molecule has 0 bridgehead atoms. The van der Waals surface area contributed by atoms with Crippen molar-refractivity contribution in [3.8, 4) is 0 Å². The Morgan fingerprint density at radius 2 is 1.86 bits per heavy atom. The van der Waals surface area contributed by atoms with Gasteiger partial charge < -0.3 is 5.32 Å². The second-order valence-electron chi connectivity index (χ2n) is 4.90. The SMILES string of the molecule is CCNC(CCN(CC)CC(F)(F)F)c1ccccc1F. The monoisotopic (exact) mass is 306 g/mol. The fraction of sp³-hybridized carbons (Fsp3) is 0.600. The molecule has 0 saturated heterocycles. The molecule has 0 aromatic heterocycles. The zero-order chi connectivity index (χ0) is 15.9. The van der Waals surface area contributed by atoms with Crippen LogP contribution in [0, 0.1) is 5.82 Å². The molecule has 0 aliphatic heterocycles. The maximum Gasteiger partial charge on any atom is 0.401 e. The van der Waals surface area contributed by atoms with Crippen molar-refractivity contribution in [1.82, 2.24) is 10.2 Å². The quantitative estimate of drug-likeness (QED) is 0.736. The lowest BCUT2D eigenvalue weighted by molar-refractivity contribution is -0.145. The van der Waals surface area contributed by atoms with E-state index in [-0.39, 0.29) is 18.4 Å². The van der Waals surface area contributed by atoms with E-state index in [1.165, 1.54) is 11.0 Å². The molecular formula is C15H22F4N2. The molecular weight excluding hydrogens is 284 g/mol. The van der Waals surface area contributed by atoms with Crippen molar-refractivity contribution in [3.05, 3.63) is 35.6 Å². The molecule has 0 spiro atoms. The molecule has 1 N–H and O–H groups in total. The summed E-state index contributed by atoms with van der Waals surface area (Å²) in [5, 5.41) is 3.13. The number of halogens is 4. The summed E-state index contributed by atoms with van der Waals surface area (Å²) in [5.74, 6) is -0.331. The third-order valence-electron chi connectivity index (χ3n) is 3.32. The smallest absolute Gasteiger partial charge is 0.310 e. The van der Waals surface area contributed by atoms with Crippen LogP contribution in [0.4, 0.5) is 17.6 Å². The summed E-state index contributed by atoms with van der Waals surface area (Å²) in [7, 11) is 0. The van der Waals surface area contributed by atoms with Crippen molar-refractivity contribution in [2.45, 2.75) is 32.5 Å². The summed E-state index contributed by atoms with van der Waals surface area (Å²) < 4.78 is 51.1. The maximum absolute atomic E-state index is 13.8. The van der Waals surface area contributed by atoms with Gasteiger partial charge in [-0.05, 0) is 25.6 Å². The molecule has 0 saturated carbocycles. The number of hydrogen-bond donors (Lipinski definition) is 1. The van der Waals surface area contributed by atoms with Gasteiger partial charge in [0.05, 0.1) is 6.54 Å². The van der Waals surface area contributed by atoms with Crippen LogP contribution in [-0.2, 0) is 0 Å². The van der Waals surface area contributed by atoms with Crippen LogP contribution >= 0.6 is 0 Å². The van der Waals surface area contributed by atoms with Gasteiger partial charge in [0.2, 0.25) is 0 Å². The van der Waals surface area contributed by atoms with Gasteiger partial charge in [0.25, 0.3) is 0 Å². The second kappa shape index (κ2) is 8.34. The molecule has 0 aliphatic carbocycles. The van der Waals surface area contributed by atoms with E-state index in [4.69, 9.17) is 0 Å². The molecule has 0 heterocycles. The Morgan fingerprint density at radius 1 is 1.19 bits per heavy atom. The van der Waals surface area contributed by atoms with Crippen LogP contribution in [0.2, 0.25) is 0 Å². The van der Waals surface area contributed by atoms with Crippen molar-refractivity contribution in [2.75, 3.05) is 26.2 Å². The van der Waals surface area contributed by atoms with Crippen molar-refractivity contribution in [2.24, 2.45) is 0 Å². The summed E-state index contributed by atoms with van der Waals surface area (Å²) in [6, 6.07) is 6.09. The fourth-order valence-electron chi connectivity index (χ4n) is 2.29. The lowest BCUT2D eigenvalue weighted by Gasteiger charge is -2.25. The van der Waals surface area contributed by atoms with Gasteiger partial charge in [0.15, 0.2) is 0 Å². The lowest BCUT2D eigenvalue weighted by Crippen LogP contribution is -2.36. The first-order valence-electron chi connectivity index (χ1n) is 7.14. The predicted molar refractivity (Wildman–Crippen MR) is 75.6 cm³/mol. The maximum atomic E-state index is 13.8. The van der Waals surface area contributed by atoms with Crippen molar-refractivity contribution in [3.63, 3.8) is 0 Å². The van der Waals surface area contributed by atoms with Crippen LogP contribution in [0.25, 0.3) is 0 Å². The van der Waals surface area contributed by atoms with E-state index in [9.17, 15) is 17.6 Å². The van der Waals surface area contributed by atoms with E-state index in [1.807, 2.05) is 6.92 Å². The molecule has 1 atom stereocenters. The Morgan fingerprint density at radius 3 is 2.38 bits per heavy atom.